The van der Waals surface area contributed by atoms with Gasteiger partial charge in [0.05, 0.1) is 11.5 Å². The highest BCUT2D eigenvalue weighted by Crippen LogP contribution is 2.34. The third-order valence-corrected chi connectivity index (χ3v) is 6.71. The first-order chi connectivity index (χ1) is 11.5. The molecule has 1 aromatic heterocycles. The van der Waals surface area contributed by atoms with Crippen molar-refractivity contribution in [1.82, 2.24) is 4.31 Å². The molecule has 1 aliphatic rings. The highest BCUT2D eigenvalue weighted by molar-refractivity contribution is 7.89. The van der Waals surface area contributed by atoms with Gasteiger partial charge in [0.1, 0.15) is 5.75 Å². The van der Waals surface area contributed by atoms with Crippen LogP contribution in [-0.2, 0) is 16.6 Å². The Morgan fingerprint density at radius 2 is 2.08 bits per heavy atom. The first-order valence-electron chi connectivity index (χ1n) is 8.28. The van der Waals surface area contributed by atoms with Gasteiger partial charge in [-0.15, -0.1) is 0 Å². The number of ether oxygens (including phenoxy) is 1. The van der Waals surface area contributed by atoms with Crippen LogP contribution in [0.3, 0.4) is 0 Å². The predicted molar refractivity (Wildman–Crippen MR) is 97.0 cm³/mol. The van der Waals surface area contributed by atoms with E-state index in [1.807, 2.05) is 30.7 Å². The molecular weight excluding hydrogens is 342 g/mol. The van der Waals surface area contributed by atoms with E-state index in [-0.39, 0.29) is 6.04 Å². The van der Waals surface area contributed by atoms with Crippen molar-refractivity contribution in [3.63, 3.8) is 0 Å². The molecule has 1 heterocycles. The van der Waals surface area contributed by atoms with Gasteiger partial charge >= 0.3 is 0 Å². The lowest BCUT2D eigenvalue weighted by Gasteiger charge is -2.22. The first-order valence-corrected chi connectivity index (χ1v) is 10.7. The minimum absolute atomic E-state index is 0.131. The van der Waals surface area contributed by atoms with E-state index >= 15 is 0 Å². The van der Waals surface area contributed by atoms with Crippen LogP contribution < -0.4 is 4.74 Å². The van der Waals surface area contributed by atoms with E-state index in [0.29, 0.717) is 18.0 Å². The van der Waals surface area contributed by atoms with Gasteiger partial charge in [-0.2, -0.15) is 15.6 Å². The number of hydrogen-bond acceptors (Lipinski definition) is 4. The molecule has 1 saturated carbocycles. The smallest absolute Gasteiger partial charge is 0.243 e. The summed E-state index contributed by atoms with van der Waals surface area (Å²) in [6.45, 7) is 5.03. The monoisotopic (exact) mass is 365 g/mol. The summed E-state index contributed by atoms with van der Waals surface area (Å²) in [5.74, 6) is 0.756. The Labute approximate surface area is 148 Å². The maximum Gasteiger partial charge on any atom is 0.243 e. The lowest BCUT2D eigenvalue weighted by Crippen LogP contribution is -2.32. The topological polar surface area (TPSA) is 46.6 Å². The van der Waals surface area contributed by atoms with Crippen LogP contribution in [0.4, 0.5) is 0 Å². The van der Waals surface area contributed by atoms with Crippen LogP contribution in [0.15, 0.2) is 39.9 Å². The van der Waals surface area contributed by atoms with E-state index in [4.69, 9.17) is 4.74 Å². The average molecular weight is 366 g/mol. The van der Waals surface area contributed by atoms with Crippen LogP contribution in [0, 0.1) is 6.92 Å². The zero-order valence-electron chi connectivity index (χ0n) is 14.1. The molecule has 2 aromatic rings. The number of thiophene rings is 1. The van der Waals surface area contributed by atoms with Gasteiger partial charge in [0.15, 0.2) is 0 Å². The molecule has 1 fully saturated rings. The largest absolute Gasteiger partial charge is 0.493 e. The Morgan fingerprint density at radius 3 is 2.67 bits per heavy atom. The van der Waals surface area contributed by atoms with Gasteiger partial charge in [-0.1, -0.05) is 6.92 Å². The zero-order chi connectivity index (χ0) is 17.2. The van der Waals surface area contributed by atoms with E-state index in [0.717, 1.165) is 36.1 Å². The SMILES string of the molecule is CCCOc1ccc(S(=O)(=O)N(Cc2ccsc2)C2CC2)cc1C. The lowest BCUT2D eigenvalue weighted by atomic mass is 10.2. The molecule has 0 bridgehead atoms. The fourth-order valence-corrected chi connectivity index (χ4v) is 5.05. The Morgan fingerprint density at radius 1 is 1.29 bits per heavy atom. The maximum absolute atomic E-state index is 13.1. The highest BCUT2D eigenvalue weighted by atomic mass is 32.2. The maximum atomic E-state index is 13.1. The molecule has 0 amide bonds. The van der Waals surface area contributed by atoms with Crippen molar-refractivity contribution in [2.45, 2.75) is 50.6 Å². The molecule has 1 aromatic carbocycles. The van der Waals surface area contributed by atoms with E-state index in [1.54, 1.807) is 33.8 Å². The van der Waals surface area contributed by atoms with Crippen LogP contribution in [0.5, 0.6) is 5.75 Å². The molecular formula is C18H23NO3S2. The Kier molecular flexibility index (Phi) is 5.27. The van der Waals surface area contributed by atoms with Crippen molar-refractivity contribution in [2.75, 3.05) is 6.61 Å². The second-order valence-electron chi connectivity index (χ2n) is 6.19. The number of rotatable bonds is 8. The van der Waals surface area contributed by atoms with Gasteiger partial charge in [0.2, 0.25) is 10.0 Å². The summed E-state index contributed by atoms with van der Waals surface area (Å²) in [6.07, 6.45) is 2.82. The summed E-state index contributed by atoms with van der Waals surface area (Å²) in [6, 6.07) is 7.28. The van der Waals surface area contributed by atoms with Crippen LogP contribution in [0.2, 0.25) is 0 Å². The van der Waals surface area contributed by atoms with Crippen LogP contribution in [-0.4, -0.2) is 25.4 Å². The number of hydrogen-bond donors (Lipinski definition) is 0. The highest BCUT2D eigenvalue weighted by Gasteiger charge is 2.38. The molecule has 0 atom stereocenters. The molecule has 24 heavy (non-hydrogen) atoms. The summed E-state index contributed by atoms with van der Waals surface area (Å²) in [5.41, 5.74) is 1.91. The van der Waals surface area contributed by atoms with Crippen molar-refractivity contribution in [3.8, 4) is 5.75 Å². The Balaban J connectivity index is 1.86. The van der Waals surface area contributed by atoms with Gasteiger partial charge in [-0.05, 0) is 72.3 Å². The predicted octanol–water partition coefficient (Wildman–Crippen LogP) is 4.20. The number of sulfonamides is 1. The zero-order valence-corrected chi connectivity index (χ0v) is 15.7. The molecule has 0 N–H and O–H groups in total. The van der Waals surface area contributed by atoms with Gasteiger partial charge in [-0.3, -0.25) is 0 Å². The Hall–Kier alpha value is -1.37. The summed E-state index contributed by atoms with van der Waals surface area (Å²) in [4.78, 5) is 0.353. The Bertz CT molecular complexity index is 781. The summed E-state index contributed by atoms with van der Waals surface area (Å²) in [7, 11) is -3.49. The molecule has 0 spiro atoms. The number of nitrogens with zero attached hydrogens (tertiary/aromatic N) is 1. The number of benzene rings is 1. The van der Waals surface area contributed by atoms with Gasteiger partial charge in [0, 0.05) is 12.6 Å². The van der Waals surface area contributed by atoms with E-state index in [2.05, 4.69) is 0 Å². The van der Waals surface area contributed by atoms with Crippen molar-refractivity contribution in [3.05, 3.63) is 46.2 Å². The second-order valence-corrected chi connectivity index (χ2v) is 8.86. The molecule has 4 nitrogen and oxygen atoms in total. The summed E-state index contributed by atoms with van der Waals surface area (Å²) < 4.78 is 33.5. The van der Waals surface area contributed by atoms with Crippen LogP contribution in [0.25, 0.3) is 0 Å². The number of aryl methyl sites for hydroxylation is 1. The third-order valence-electron chi connectivity index (χ3n) is 4.09. The standard InChI is InChI=1S/C18H23NO3S2/c1-3-9-22-18-7-6-17(11-14(18)2)24(20,21)19(16-4-5-16)12-15-8-10-23-13-15/h6-8,10-11,13,16H,3-5,9,12H2,1-2H3. The van der Waals surface area contributed by atoms with Gasteiger partial charge in [-0.25, -0.2) is 8.42 Å². The fourth-order valence-electron chi connectivity index (χ4n) is 2.63. The summed E-state index contributed by atoms with van der Waals surface area (Å²) in [5, 5.41) is 3.99. The van der Waals surface area contributed by atoms with E-state index < -0.39 is 10.0 Å². The molecule has 1 aliphatic carbocycles. The molecule has 130 valence electrons. The molecule has 0 unspecified atom stereocenters. The summed E-state index contributed by atoms with van der Waals surface area (Å²) >= 11 is 1.59. The quantitative estimate of drug-likeness (QED) is 0.704. The molecule has 0 aliphatic heterocycles. The van der Waals surface area contributed by atoms with E-state index in [9.17, 15) is 8.42 Å². The van der Waals surface area contributed by atoms with Gasteiger partial charge < -0.3 is 4.74 Å². The van der Waals surface area contributed by atoms with E-state index in [1.165, 1.54) is 0 Å². The van der Waals surface area contributed by atoms with Crippen molar-refractivity contribution < 1.29 is 13.2 Å². The average Bonchev–Trinajstić information content (AvgIpc) is 3.26. The minimum atomic E-state index is -3.49. The molecule has 3 rings (SSSR count). The molecule has 0 radical (unpaired) electrons. The normalized spacial score (nSPS) is 15.0. The third kappa shape index (κ3) is 3.82. The van der Waals surface area contributed by atoms with Crippen molar-refractivity contribution >= 4 is 21.4 Å². The molecule has 6 heteroatoms. The fraction of sp³-hybridized carbons (Fsp3) is 0.444. The lowest BCUT2D eigenvalue weighted by molar-refractivity contribution is 0.315. The minimum Gasteiger partial charge on any atom is -0.493 e. The van der Waals surface area contributed by atoms with Gasteiger partial charge in [0.25, 0.3) is 0 Å². The van der Waals surface area contributed by atoms with Crippen molar-refractivity contribution in [2.24, 2.45) is 0 Å². The van der Waals surface area contributed by atoms with Crippen molar-refractivity contribution in [1.29, 1.82) is 0 Å². The van der Waals surface area contributed by atoms with Crippen LogP contribution >= 0.6 is 11.3 Å². The second kappa shape index (κ2) is 7.25. The van der Waals surface area contributed by atoms with Crippen LogP contribution in [0.1, 0.15) is 37.3 Å². The molecule has 0 saturated heterocycles. The first kappa shape index (κ1) is 17.5.